The lowest BCUT2D eigenvalue weighted by molar-refractivity contribution is -0.130. The van der Waals surface area contributed by atoms with Crippen LogP contribution in [0.25, 0.3) is 0 Å². The summed E-state index contributed by atoms with van der Waals surface area (Å²) in [6.07, 6.45) is 7.52. The molecule has 2 saturated heterocycles. The monoisotopic (exact) mass is 420 g/mol. The molecule has 0 bridgehead atoms. The highest BCUT2D eigenvalue weighted by Crippen LogP contribution is 2.24. The molecule has 0 radical (unpaired) electrons. The zero-order chi connectivity index (χ0) is 21.5. The van der Waals surface area contributed by atoms with Crippen LogP contribution in [0.2, 0.25) is 0 Å². The van der Waals surface area contributed by atoms with Gasteiger partial charge in [-0.05, 0) is 86.4 Å². The summed E-state index contributed by atoms with van der Waals surface area (Å²) in [6.45, 7) is 5.25. The summed E-state index contributed by atoms with van der Waals surface area (Å²) in [6, 6.07) is 17.4. The zero-order valence-corrected chi connectivity index (χ0v) is 18.9. The Hall–Kier alpha value is -2.33. The molecule has 0 N–H and O–H groups in total. The Labute approximate surface area is 187 Å². The van der Waals surface area contributed by atoms with Crippen molar-refractivity contribution in [3.05, 3.63) is 65.2 Å². The van der Waals surface area contributed by atoms with Crippen LogP contribution in [0.4, 0.5) is 0 Å². The second kappa shape index (κ2) is 10.8. The molecule has 0 spiro atoms. The van der Waals surface area contributed by atoms with Crippen LogP contribution in [0, 0.1) is 5.92 Å². The summed E-state index contributed by atoms with van der Waals surface area (Å²) in [5.41, 5.74) is 4.04. The molecule has 0 aromatic heterocycles. The Bertz CT molecular complexity index is 835. The van der Waals surface area contributed by atoms with Crippen molar-refractivity contribution in [2.75, 3.05) is 33.3 Å². The standard InChI is InChI=1S/C27H36N2O2/c1-31-26-6-4-5-25(20-26)21-28-17-13-24(14-18-28)19-23-9-7-22(8-10-23)11-12-27(30)29-15-2-3-16-29/h4-10,20,24H,2-3,11-19,21H2,1H3. The first-order valence-corrected chi connectivity index (χ1v) is 11.9. The fourth-order valence-electron chi connectivity index (χ4n) is 4.93. The van der Waals surface area contributed by atoms with Gasteiger partial charge >= 0.3 is 0 Å². The highest BCUT2D eigenvalue weighted by Gasteiger charge is 2.20. The van der Waals surface area contributed by atoms with Crippen molar-refractivity contribution >= 4 is 5.91 Å². The topological polar surface area (TPSA) is 32.8 Å². The molecule has 2 aliphatic rings. The third-order valence-corrected chi connectivity index (χ3v) is 6.88. The lowest BCUT2D eigenvalue weighted by atomic mass is 9.89. The molecule has 4 heteroatoms. The van der Waals surface area contributed by atoms with Crippen LogP contribution in [0.5, 0.6) is 5.75 Å². The predicted molar refractivity (Wildman–Crippen MR) is 125 cm³/mol. The molecular weight excluding hydrogens is 384 g/mol. The SMILES string of the molecule is COc1cccc(CN2CCC(Cc3ccc(CCC(=O)N4CCCC4)cc3)CC2)c1. The molecule has 2 heterocycles. The molecule has 0 unspecified atom stereocenters. The number of benzene rings is 2. The number of hydrogen-bond acceptors (Lipinski definition) is 3. The van der Waals surface area contributed by atoms with E-state index in [1.165, 1.54) is 61.9 Å². The Kier molecular flexibility index (Phi) is 7.63. The van der Waals surface area contributed by atoms with E-state index in [0.29, 0.717) is 12.3 Å². The quantitative estimate of drug-likeness (QED) is 0.620. The Morgan fingerprint density at radius 2 is 1.65 bits per heavy atom. The van der Waals surface area contributed by atoms with Crippen molar-refractivity contribution in [2.45, 2.75) is 51.5 Å². The molecular formula is C27H36N2O2. The maximum absolute atomic E-state index is 12.2. The number of carbonyl (C=O) groups is 1. The fourth-order valence-corrected chi connectivity index (χ4v) is 4.93. The summed E-state index contributed by atoms with van der Waals surface area (Å²) >= 11 is 0. The molecule has 2 aromatic rings. The zero-order valence-electron chi connectivity index (χ0n) is 18.9. The third-order valence-electron chi connectivity index (χ3n) is 6.88. The molecule has 2 aromatic carbocycles. The van der Waals surface area contributed by atoms with Crippen LogP contribution in [0.15, 0.2) is 48.5 Å². The molecule has 0 atom stereocenters. The van der Waals surface area contributed by atoms with Gasteiger partial charge in [0.2, 0.25) is 5.91 Å². The molecule has 0 aliphatic carbocycles. The Morgan fingerprint density at radius 1 is 0.935 bits per heavy atom. The van der Waals surface area contributed by atoms with Gasteiger partial charge in [-0.2, -0.15) is 0 Å². The molecule has 2 fully saturated rings. The minimum Gasteiger partial charge on any atom is -0.497 e. The van der Waals surface area contributed by atoms with E-state index < -0.39 is 0 Å². The Morgan fingerprint density at radius 3 is 2.35 bits per heavy atom. The van der Waals surface area contributed by atoms with E-state index in [-0.39, 0.29) is 0 Å². The number of carbonyl (C=O) groups excluding carboxylic acids is 1. The molecule has 1 amide bonds. The van der Waals surface area contributed by atoms with Crippen LogP contribution in [0.3, 0.4) is 0 Å². The maximum atomic E-state index is 12.2. The van der Waals surface area contributed by atoms with E-state index in [4.69, 9.17) is 4.74 Å². The van der Waals surface area contributed by atoms with E-state index in [9.17, 15) is 4.79 Å². The summed E-state index contributed by atoms with van der Waals surface area (Å²) in [7, 11) is 1.73. The highest BCUT2D eigenvalue weighted by molar-refractivity contribution is 5.76. The van der Waals surface area contributed by atoms with Crippen molar-refractivity contribution in [2.24, 2.45) is 5.92 Å². The van der Waals surface area contributed by atoms with Crippen molar-refractivity contribution in [1.82, 2.24) is 9.80 Å². The second-order valence-electron chi connectivity index (χ2n) is 9.18. The highest BCUT2D eigenvalue weighted by atomic mass is 16.5. The van der Waals surface area contributed by atoms with Gasteiger partial charge in [-0.1, -0.05) is 36.4 Å². The summed E-state index contributed by atoms with van der Waals surface area (Å²) in [5.74, 6) is 2.03. The van der Waals surface area contributed by atoms with E-state index in [1.54, 1.807) is 7.11 Å². The largest absolute Gasteiger partial charge is 0.497 e. The van der Waals surface area contributed by atoms with Crippen molar-refractivity contribution in [3.63, 3.8) is 0 Å². The van der Waals surface area contributed by atoms with Gasteiger partial charge in [0.15, 0.2) is 0 Å². The average molecular weight is 421 g/mol. The average Bonchev–Trinajstić information content (AvgIpc) is 3.35. The van der Waals surface area contributed by atoms with Crippen molar-refractivity contribution in [1.29, 1.82) is 0 Å². The molecule has 2 aliphatic heterocycles. The number of rotatable bonds is 8. The molecule has 4 nitrogen and oxygen atoms in total. The van der Waals surface area contributed by atoms with E-state index in [2.05, 4.69) is 47.4 Å². The Balaban J connectivity index is 1.19. The normalized spacial score (nSPS) is 17.8. The van der Waals surface area contributed by atoms with E-state index >= 15 is 0 Å². The first-order chi connectivity index (χ1) is 15.2. The van der Waals surface area contributed by atoms with Crippen molar-refractivity contribution in [3.8, 4) is 5.75 Å². The molecule has 0 saturated carbocycles. The number of methoxy groups -OCH3 is 1. The van der Waals surface area contributed by atoms with Crippen LogP contribution in [-0.4, -0.2) is 49.0 Å². The van der Waals surface area contributed by atoms with Gasteiger partial charge in [0.25, 0.3) is 0 Å². The van der Waals surface area contributed by atoms with Gasteiger partial charge in [-0.3, -0.25) is 9.69 Å². The van der Waals surface area contributed by atoms with Crippen LogP contribution >= 0.6 is 0 Å². The van der Waals surface area contributed by atoms with Gasteiger partial charge in [-0.15, -0.1) is 0 Å². The first-order valence-electron chi connectivity index (χ1n) is 11.9. The lowest BCUT2D eigenvalue weighted by Gasteiger charge is -2.32. The number of piperidine rings is 1. The van der Waals surface area contributed by atoms with Gasteiger partial charge < -0.3 is 9.64 Å². The van der Waals surface area contributed by atoms with Gasteiger partial charge in [0.1, 0.15) is 5.75 Å². The van der Waals surface area contributed by atoms with Crippen LogP contribution in [0.1, 0.15) is 48.8 Å². The van der Waals surface area contributed by atoms with E-state index in [1.807, 2.05) is 11.0 Å². The fraction of sp³-hybridized carbons (Fsp3) is 0.519. The van der Waals surface area contributed by atoms with Crippen LogP contribution < -0.4 is 4.74 Å². The van der Waals surface area contributed by atoms with Gasteiger partial charge in [-0.25, -0.2) is 0 Å². The summed E-state index contributed by atoms with van der Waals surface area (Å²) in [4.78, 5) is 16.8. The second-order valence-corrected chi connectivity index (χ2v) is 9.18. The number of amides is 1. The number of hydrogen-bond donors (Lipinski definition) is 0. The summed E-state index contributed by atoms with van der Waals surface area (Å²) in [5, 5.41) is 0. The number of ether oxygens (including phenoxy) is 1. The summed E-state index contributed by atoms with van der Waals surface area (Å²) < 4.78 is 5.35. The maximum Gasteiger partial charge on any atom is 0.222 e. The smallest absolute Gasteiger partial charge is 0.222 e. The number of likely N-dealkylation sites (tertiary alicyclic amines) is 2. The number of nitrogens with zero attached hydrogens (tertiary/aromatic N) is 2. The van der Waals surface area contributed by atoms with Crippen molar-refractivity contribution < 1.29 is 9.53 Å². The van der Waals surface area contributed by atoms with E-state index in [0.717, 1.165) is 37.7 Å². The van der Waals surface area contributed by atoms with Gasteiger partial charge in [0, 0.05) is 26.1 Å². The minimum absolute atomic E-state index is 0.322. The number of aryl methyl sites for hydroxylation is 1. The van der Waals surface area contributed by atoms with Crippen LogP contribution in [-0.2, 0) is 24.2 Å². The molecule has 166 valence electrons. The van der Waals surface area contributed by atoms with Gasteiger partial charge in [0.05, 0.1) is 7.11 Å². The third kappa shape index (κ3) is 6.33. The minimum atomic E-state index is 0.322. The predicted octanol–water partition coefficient (Wildman–Crippen LogP) is 4.70. The molecule has 4 rings (SSSR count). The first kappa shape index (κ1) is 21.9. The lowest BCUT2D eigenvalue weighted by Crippen LogP contribution is -2.33. The molecule has 31 heavy (non-hydrogen) atoms.